The summed E-state index contributed by atoms with van der Waals surface area (Å²) in [6.07, 6.45) is 52.2. The van der Waals surface area contributed by atoms with Gasteiger partial charge in [-0.1, -0.05) is 159 Å². The quantitative estimate of drug-likeness (QED) is 0.0203. The first-order chi connectivity index (χ1) is 27.0. The molecule has 0 fully saturated rings. The number of hydrogen-bond acceptors (Lipinski definition) is 6. The molecular weight excluding hydrogens is 685 g/mol. The van der Waals surface area contributed by atoms with Crippen LogP contribution in [0.15, 0.2) is 60.8 Å². The molecule has 0 aromatic heterocycles. The van der Waals surface area contributed by atoms with Crippen LogP contribution in [0.3, 0.4) is 0 Å². The van der Waals surface area contributed by atoms with E-state index in [9.17, 15) is 14.4 Å². The lowest BCUT2D eigenvalue weighted by molar-refractivity contribution is -0.167. The van der Waals surface area contributed by atoms with Crippen molar-refractivity contribution in [3.8, 4) is 0 Å². The van der Waals surface area contributed by atoms with Crippen LogP contribution in [0.1, 0.15) is 213 Å². The minimum Gasteiger partial charge on any atom is -0.462 e. The van der Waals surface area contributed by atoms with E-state index in [1.165, 1.54) is 77.0 Å². The highest BCUT2D eigenvalue weighted by atomic mass is 16.6. The average molecular weight is 769 g/mol. The van der Waals surface area contributed by atoms with Gasteiger partial charge in [-0.05, 0) is 96.3 Å². The Bertz CT molecular complexity index is 1020. The Hall–Kier alpha value is -2.89. The zero-order valence-electron chi connectivity index (χ0n) is 35.9. The van der Waals surface area contributed by atoms with E-state index in [2.05, 4.69) is 81.5 Å². The second-order valence-electron chi connectivity index (χ2n) is 14.9. The Morgan fingerprint density at radius 3 is 1.31 bits per heavy atom. The third-order valence-corrected chi connectivity index (χ3v) is 9.50. The normalized spacial score (nSPS) is 12.6. The van der Waals surface area contributed by atoms with Crippen LogP contribution in [0.4, 0.5) is 0 Å². The second-order valence-corrected chi connectivity index (χ2v) is 14.9. The third-order valence-electron chi connectivity index (χ3n) is 9.50. The largest absolute Gasteiger partial charge is 0.462 e. The lowest BCUT2D eigenvalue weighted by Crippen LogP contribution is -2.30. The fourth-order valence-electron chi connectivity index (χ4n) is 6.05. The number of ether oxygens (including phenoxy) is 3. The van der Waals surface area contributed by atoms with E-state index in [0.29, 0.717) is 19.3 Å². The molecule has 0 spiro atoms. The zero-order chi connectivity index (χ0) is 40.1. The van der Waals surface area contributed by atoms with Crippen molar-refractivity contribution in [3.05, 3.63) is 60.8 Å². The van der Waals surface area contributed by atoms with Gasteiger partial charge >= 0.3 is 17.9 Å². The summed E-state index contributed by atoms with van der Waals surface area (Å²) in [5, 5.41) is 0. The molecule has 6 heteroatoms. The maximum absolute atomic E-state index is 12.7. The van der Waals surface area contributed by atoms with E-state index in [1.54, 1.807) is 0 Å². The maximum Gasteiger partial charge on any atom is 0.306 e. The van der Waals surface area contributed by atoms with Gasteiger partial charge in [0.1, 0.15) is 13.2 Å². The van der Waals surface area contributed by atoms with Crippen LogP contribution in [0.5, 0.6) is 0 Å². The zero-order valence-corrected chi connectivity index (χ0v) is 35.9. The molecule has 316 valence electrons. The van der Waals surface area contributed by atoms with E-state index in [0.717, 1.165) is 96.3 Å². The fraction of sp³-hybridized carbons (Fsp3) is 0.735. The highest BCUT2D eigenvalue weighted by Crippen LogP contribution is 2.12. The number of esters is 3. The van der Waals surface area contributed by atoms with Crippen molar-refractivity contribution < 1.29 is 28.6 Å². The minimum atomic E-state index is -0.799. The Balaban J connectivity index is 4.43. The molecule has 6 nitrogen and oxygen atoms in total. The molecule has 0 amide bonds. The van der Waals surface area contributed by atoms with Gasteiger partial charge in [0, 0.05) is 19.3 Å². The van der Waals surface area contributed by atoms with Crippen LogP contribution < -0.4 is 0 Å². The molecule has 1 unspecified atom stereocenters. The molecule has 55 heavy (non-hydrogen) atoms. The molecule has 0 aliphatic rings. The van der Waals surface area contributed by atoms with E-state index in [-0.39, 0.29) is 31.1 Å². The van der Waals surface area contributed by atoms with Gasteiger partial charge in [0.25, 0.3) is 0 Å². The van der Waals surface area contributed by atoms with Crippen molar-refractivity contribution >= 4 is 17.9 Å². The summed E-state index contributed by atoms with van der Waals surface area (Å²) in [4.78, 5) is 37.6. The summed E-state index contributed by atoms with van der Waals surface area (Å²) in [5.41, 5.74) is 0. The summed E-state index contributed by atoms with van der Waals surface area (Å²) < 4.78 is 16.6. The highest BCUT2D eigenvalue weighted by molar-refractivity contribution is 5.71. The first-order valence-electron chi connectivity index (χ1n) is 22.8. The van der Waals surface area contributed by atoms with Gasteiger partial charge in [0.15, 0.2) is 6.10 Å². The Morgan fingerprint density at radius 2 is 0.764 bits per heavy atom. The molecule has 0 aromatic carbocycles. The summed E-state index contributed by atoms with van der Waals surface area (Å²) in [7, 11) is 0. The van der Waals surface area contributed by atoms with Gasteiger partial charge in [-0.25, -0.2) is 0 Å². The standard InChI is InChI=1S/C49H84O6/c1-4-7-10-13-16-19-21-23-24-25-26-28-30-33-36-39-42-48(51)54-45-46(44-53-47(50)41-38-35-32-29-18-15-12-9-6-3)55-49(52)43-40-37-34-31-27-22-20-17-14-11-8-5-2/h9,12,17-18,20,24-26,28-29,46H,4-8,10-11,13-16,19,21-23,27,30-45H2,1-3H3/b12-9-,20-17-,25-24-,28-26-,29-18-. The molecule has 1 atom stereocenters. The molecule has 0 rings (SSSR count). The van der Waals surface area contributed by atoms with Crippen molar-refractivity contribution in [2.75, 3.05) is 13.2 Å². The van der Waals surface area contributed by atoms with Crippen LogP contribution in [0.2, 0.25) is 0 Å². The van der Waals surface area contributed by atoms with Crippen molar-refractivity contribution in [2.24, 2.45) is 0 Å². The first kappa shape index (κ1) is 52.1. The molecule has 0 aliphatic carbocycles. The number of hydrogen-bond donors (Lipinski definition) is 0. The highest BCUT2D eigenvalue weighted by Gasteiger charge is 2.19. The molecule has 0 saturated heterocycles. The lowest BCUT2D eigenvalue weighted by atomic mass is 10.1. The Labute approximate surface area is 339 Å². The molecule has 0 radical (unpaired) electrons. The molecule has 0 saturated carbocycles. The Morgan fingerprint density at radius 1 is 0.400 bits per heavy atom. The first-order valence-corrected chi connectivity index (χ1v) is 22.8. The van der Waals surface area contributed by atoms with Crippen LogP contribution in [-0.2, 0) is 28.6 Å². The number of carbonyl (C=O) groups excluding carboxylic acids is 3. The van der Waals surface area contributed by atoms with Crippen LogP contribution in [0.25, 0.3) is 0 Å². The molecule has 0 aliphatic heterocycles. The minimum absolute atomic E-state index is 0.102. The van der Waals surface area contributed by atoms with Gasteiger partial charge in [-0.3, -0.25) is 14.4 Å². The van der Waals surface area contributed by atoms with Crippen molar-refractivity contribution in [1.29, 1.82) is 0 Å². The van der Waals surface area contributed by atoms with Gasteiger partial charge in [0.2, 0.25) is 0 Å². The molecule has 0 aromatic rings. The number of allylic oxidation sites excluding steroid dienone is 10. The van der Waals surface area contributed by atoms with Crippen LogP contribution in [-0.4, -0.2) is 37.2 Å². The van der Waals surface area contributed by atoms with Gasteiger partial charge < -0.3 is 14.2 Å². The predicted octanol–water partition coefficient (Wildman–Crippen LogP) is 14.5. The van der Waals surface area contributed by atoms with Crippen molar-refractivity contribution in [1.82, 2.24) is 0 Å². The summed E-state index contributed by atoms with van der Waals surface area (Å²) in [6, 6.07) is 0. The molecule has 0 N–H and O–H groups in total. The lowest BCUT2D eigenvalue weighted by Gasteiger charge is -2.18. The number of rotatable bonds is 40. The summed E-state index contributed by atoms with van der Waals surface area (Å²) in [6.45, 7) is 6.40. The number of unbranched alkanes of at least 4 members (excludes halogenated alkanes) is 20. The predicted molar refractivity (Wildman–Crippen MR) is 233 cm³/mol. The van der Waals surface area contributed by atoms with Crippen molar-refractivity contribution in [2.45, 2.75) is 219 Å². The average Bonchev–Trinajstić information content (AvgIpc) is 3.18. The SMILES string of the molecule is CC/C=C\C/C=C\CCCCC(=O)OCC(COC(=O)CCCCC/C=C\C=C/CCCCCCCCC)OC(=O)CCCCCCC/C=C\CCCCC. The molecule has 0 bridgehead atoms. The maximum atomic E-state index is 12.7. The summed E-state index contributed by atoms with van der Waals surface area (Å²) >= 11 is 0. The number of carbonyl (C=O) groups is 3. The van der Waals surface area contributed by atoms with E-state index in [4.69, 9.17) is 14.2 Å². The molecule has 0 heterocycles. The monoisotopic (exact) mass is 769 g/mol. The van der Waals surface area contributed by atoms with Crippen LogP contribution >= 0.6 is 0 Å². The second kappa shape index (κ2) is 43.8. The smallest absolute Gasteiger partial charge is 0.306 e. The Kier molecular flexibility index (Phi) is 41.5. The van der Waals surface area contributed by atoms with Gasteiger partial charge in [-0.2, -0.15) is 0 Å². The summed E-state index contributed by atoms with van der Waals surface area (Å²) in [5.74, 6) is -0.977. The fourth-order valence-corrected chi connectivity index (χ4v) is 6.05. The van der Waals surface area contributed by atoms with E-state index >= 15 is 0 Å². The third kappa shape index (κ3) is 42.1. The van der Waals surface area contributed by atoms with Gasteiger partial charge in [-0.15, -0.1) is 0 Å². The van der Waals surface area contributed by atoms with Crippen LogP contribution in [0, 0.1) is 0 Å². The topological polar surface area (TPSA) is 78.9 Å². The molecular formula is C49H84O6. The van der Waals surface area contributed by atoms with E-state index < -0.39 is 6.10 Å². The van der Waals surface area contributed by atoms with Gasteiger partial charge in [0.05, 0.1) is 0 Å². The van der Waals surface area contributed by atoms with E-state index in [1.807, 2.05) is 0 Å². The van der Waals surface area contributed by atoms with Crippen molar-refractivity contribution in [3.63, 3.8) is 0 Å².